The van der Waals surface area contributed by atoms with Gasteiger partial charge in [0.2, 0.25) is 0 Å². The van der Waals surface area contributed by atoms with Crippen LogP contribution in [0.25, 0.3) is 0 Å². The summed E-state index contributed by atoms with van der Waals surface area (Å²) in [5.74, 6) is -0.534. The summed E-state index contributed by atoms with van der Waals surface area (Å²) in [7, 11) is -3.97. The highest BCUT2D eigenvalue weighted by Gasteiger charge is 2.31. The van der Waals surface area contributed by atoms with Crippen LogP contribution in [0.2, 0.25) is 0 Å². The number of sulfonamides is 1. The van der Waals surface area contributed by atoms with Gasteiger partial charge in [-0.1, -0.05) is 48.0 Å². The summed E-state index contributed by atoms with van der Waals surface area (Å²) >= 11 is 0. The highest BCUT2D eigenvalue weighted by molar-refractivity contribution is 7.92. The topological polar surface area (TPSA) is 37.4 Å². The molecule has 3 rings (SSSR count). The molecule has 3 aromatic carbocycles. The Morgan fingerprint density at radius 2 is 1.54 bits per heavy atom. The van der Waals surface area contributed by atoms with Gasteiger partial charge < -0.3 is 0 Å². The Hall–Kier alpha value is -2.66. The summed E-state index contributed by atoms with van der Waals surface area (Å²) in [6.45, 7) is 7.35. The molecule has 3 aromatic rings. The Labute approximate surface area is 166 Å². The average molecular weight is 398 g/mol. The van der Waals surface area contributed by atoms with Gasteiger partial charge >= 0.3 is 0 Å². The van der Waals surface area contributed by atoms with E-state index in [1.165, 1.54) is 16.4 Å². The van der Waals surface area contributed by atoms with E-state index in [0.717, 1.165) is 22.8 Å². The maximum atomic E-state index is 14.1. The van der Waals surface area contributed by atoms with Gasteiger partial charge in [0.05, 0.1) is 16.6 Å². The molecule has 5 heteroatoms. The molecule has 0 spiro atoms. The van der Waals surface area contributed by atoms with Gasteiger partial charge in [0.25, 0.3) is 10.0 Å². The Morgan fingerprint density at radius 3 is 2.14 bits per heavy atom. The first-order valence-electron chi connectivity index (χ1n) is 9.14. The van der Waals surface area contributed by atoms with Crippen LogP contribution in [0.5, 0.6) is 0 Å². The number of hydrogen-bond acceptors (Lipinski definition) is 2. The second-order valence-electron chi connectivity index (χ2n) is 7.14. The monoisotopic (exact) mass is 397 g/mol. The van der Waals surface area contributed by atoms with Crippen molar-refractivity contribution in [1.82, 2.24) is 0 Å². The highest BCUT2D eigenvalue weighted by atomic mass is 32.2. The van der Waals surface area contributed by atoms with Crippen molar-refractivity contribution >= 4 is 15.7 Å². The fourth-order valence-electron chi connectivity index (χ4n) is 3.16. The maximum absolute atomic E-state index is 14.1. The zero-order valence-corrected chi connectivity index (χ0v) is 17.3. The van der Waals surface area contributed by atoms with Crippen LogP contribution >= 0.6 is 0 Å². The number of halogens is 1. The first kappa shape index (κ1) is 20.1. The van der Waals surface area contributed by atoms with Gasteiger partial charge in [-0.25, -0.2) is 12.8 Å². The SMILES string of the molecule is Cc1ccc([C@@H](C)N(c2cccc(C)c2)S(=O)(=O)c2ccc(C)c(F)c2)cc1. The van der Waals surface area contributed by atoms with E-state index in [2.05, 4.69) is 0 Å². The average Bonchev–Trinajstić information content (AvgIpc) is 2.64. The van der Waals surface area contributed by atoms with E-state index >= 15 is 0 Å². The van der Waals surface area contributed by atoms with E-state index in [0.29, 0.717) is 11.3 Å². The van der Waals surface area contributed by atoms with Crippen molar-refractivity contribution in [3.8, 4) is 0 Å². The lowest BCUT2D eigenvalue weighted by atomic mass is 10.1. The third-order valence-electron chi connectivity index (χ3n) is 4.87. The largest absolute Gasteiger partial charge is 0.264 e. The van der Waals surface area contributed by atoms with E-state index in [-0.39, 0.29) is 4.90 Å². The molecule has 0 aromatic heterocycles. The van der Waals surface area contributed by atoms with Crippen LogP contribution in [-0.2, 0) is 10.0 Å². The summed E-state index contributed by atoms with van der Waals surface area (Å²) in [4.78, 5) is -0.0592. The molecule has 0 amide bonds. The van der Waals surface area contributed by atoms with Crippen molar-refractivity contribution < 1.29 is 12.8 Å². The molecule has 0 saturated heterocycles. The van der Waals surface area contributed by atoms with E-state index < -0.39 is 21.9 Å². The fourth-order valence-corrected chi connectivity index (χ4v) is 4.81. The predicted molar refractivity (Wildman–Crippen MR) is 112 cm³/mol. The normalized spacial score (nSPS) is 12.6. The molecule has 3 nitrogen and oxygen atoms in total. The molecule has 0 bridgehead atoms. The van der Waals surface area contributed by atoms with Crippen LogP contribution in [0.1, 0.15) is 35.2 Å². The number of anilines is 1. The first-order chi connectivity index (χ1) is 13.2. The van der Waals surface area contributed by atoms with Gasteiger partial charge in [-0.15, -0.1) is 0 Å². The first-order valence-corrected chi connectivity index (χ1v) is 10.6. The number of rotatable bonds is 5. The minimum Gasteiger partial charge on any atom is -0.259 e. The van der Waals surface area contributed by atoms with Crippen LogP contribution in [0.3, 0.4) is 0 Å². The summed E-state index contributed by atoms with van der Waals surface area (Å²) in [5, 5.41) is 0. The molecular weight excluding hydrogens is 373 g/mol. The van der Waals surface area contributed by atoms with E-state index in [1.807, 2.05) is 63.2 Å². The molecule has 0 fully saturated rings. The Morgan fingerprint density at radius 1 is 0.857 bits per heavy atom. The van der Waals surface area contributed by atoms with Gasteiger partial charge in [0.15, 0.2) is 0 Å². The molecule has 146 valence electrons. The summed E-state index contributed by atoms with van der Waals surface area (Å²) < 4.78 is 42.6. The lowest BCUT2D eigenvalue weighted by Crippen LogP contribution is -2.34. The van der Waals surface area contributed by atoms with Crippen molar-refractivity contribution in [2.45, 2.75) is 38.6 Å². The molecule has 0 unspecified atom stereocenters. The standard InChI is InChI=1S/C23H24FNO2S/c1-16-8-11-20(12-9-16)19(4)25(21-7-5-6-17(2)14-21)28(26,27)22-13-10-18(3)23(24)15-22/h5-15,19H,1-4H3/t19-/m1/s1. The van der Waals surface area contributed by atoms with Crippen LogP contribution in [0.15, 0.2) is 71.6 Å². The molecule has 0 saturated carbocycles. The van der Waals surface area contributed by atoms with E-state index in [9.17, 15) is 12.8 Å². The van der Waals surface area contributed by atoms with E-state index in [1.54, 1.807) is 13.0 Å². The van der Waals surface area contributed by atoms with Crippen molar-refractivity contribution in [3.63, 3.8) is 0 Å². The summed E-state index contributed by atoms with van der Waals surface area (Å²) in [6, 6.07) is 18.7. The van der Waals surface area contributed by atoms with Gasteiger partial charge in [-0.3, -0.25) is 4.31 Å². The van der Waals surface area contributed by atoms with Gasteiger partial charge in [-0.2, -0.15) is 0 Å². The maximum Gasteiger partial charge on any atom is 0.264 e. The second kappa shape index (κ2) is 7.76. The molecule has 1 atom stereocenters. The smallest absolute Gasteiger partial charge is 0.259 e. The summed E-state index contributed by atoms with van der Waals surface area (Å²) in [6.07, 6.45) is 0. The molecule has 0 heterocycles. The Bertz CT molecular complexity index is 1090. The second-order valence-corrected chi connectivity index (χ2v) is 8.95. The Balaban J connectivity index is 2.17. The quantitative estimate of drug-likeness (QED) is 0.553. The zero-order valence-electron chi connectivity index (χ0n) is 16.5. The molecule has 0 aliphatic carbocycles. The zero-order chi connectivity index (χ0) is 20.5. The van der Waals surface area contributed by atoms with E-state index in [4.69, 9.17) is 0 Å². The highest BCUT2D eigenvalue weighted by Crippen LogP contribution is 2.34. The van der Waals surface area contributed by atoms with Crippen LogP contribution in [-0.4, -0.2) is 8.42 Å². The van der Waals surface area contributed by atoms with Crippen molar-refractivity contribution in [2.75, 3.05) is 4.31 Å². The lowest BCUT2D eigenvalue weighted by Gasteiger charge is -2.31. The van der Waals surface area contributed by atoms with Crippen molar-refractivity contribution in [3.05, 3.63) is 94.8 Å². The number of aryl methyl sites for hydroxylation is 3. The third kappa shape index (κ3) is 3.94. The van der Waals surface area contributed by atoms with Gasteiger partial charge in [-0.05, 0) is 68.7 Å². The van der Waals surface area contributed by atoms with Gasteiger partial charge in [0, 0.05) is 0 Å². The number of nitrogens with zero attached hydrogens (tertiary/aromatic N) is 1. The molecule has 28 heavy (non-hydrogen) atoms. The number of benzene rings is 3. The van der Waals surface area contributed by atoms with Crippen LogP contribution in [0.4, 0.5) is 10.1 Å². The minimum absolute atomic E-state index is 0.0592. The minimum atomic E-state index is -3.97. The van der Waals surface area contributed by atoms with Crippen molar-refractivity contribution in [2.24, 2.45) is 0 Å². The third-order valence-corrected chi connectivity index (χ3v) is 6.76. The lowest BCUT2D eigenvalue weighted by molar-refractivity contribution is 0.578. The summed E-state index contributed by atoms with van der Waals surface area (Å²) in [5.41, 5.74) is 3.87. The molecule has 0 radical (unpaired) electrons. The molecule has 0 aliphatic rings. The van der Waals surface area contributed by atoms with Crippen molar-refractivity contribution in [1.29, 1.82) is 0 Å². The molecular formula is C23H24FNO2S. The predicted octanol–water partition coefficient (Wildman–Crippen LogP) is 5.71. The Kier molecular flexibility index (Phi) is 5.57. The molecule has 0 aliphatic heterocycles. The fraction of sp³-hybridized carbons (Fsp3) is 0.217. The van der Waals surface area contributed by atoms with Gasteiger partial charge in [0.1, 0.15) is 5.82 Å². The van der Waals surface area contributed by atoms with Crippen LogP contribution < -0.4 is 4.31 Å². The van der Waals surface area contributed by atoms with Crippen LogP contribution in [0, 0.1) is 26.6 Å². The molecule has 0 N–H and O–H groups in total. The number of hydrogen-bond donors (Lipinski definition) is 0.